The lowest BCUT2D eigenvalue weighted by atomic mass is 10.00. The third-order valence-corrected chi connectivity index (χ3v) is 4.83. The Morgan fingerprint density at radius 3 is 2.58 bits per heavy atom. The van der Waals surface area contributed by atoms with Crippen LogP contribution in [-0.4, -0.2) is 15.8 Å². The standard InChI is InChI=1S/C14H25ClN4/c1-5-10-13(15)12(19(6-2)18-10)7-11(17-16)9-8-14(9,3)4/h9,11,17H,5-8,16H2,1-4H3. The maximum atomic E-state index is 6.45. The number of hydrogen-bond acceptors (Lipinski definition) is 3. The Kier molecular flexibility index (Phi) is 4.23. The van der Waals surface area contributed by atoms with Crippen LogP contribution in [-0.2, 0) is 19.4 Å². The second kappa shape index (κ2) is 5.43. The lowest BCUT2D eigenvalue weighted by molar-refractivity contribution is 0.399. The highest BCUT2D eigenvalue weighted by Gasteiger charge is 2.50. The van der Waals surface area contributed by atoms with Gasteiger partial charge in [0, 0.05) is 19.0 Å². The van der Waals surface area contributed by atoms with Crippen LogP contribution in [0.2, 0.25) is 5.02 Å². The predicted octanol–water partition coefficient (Wildman–Crippen LogP) is 2.54. The summed E-state index contributed by atoms with van der Waals surface area (Å²) in [6, 6.07) is 0.277. The van der Waals surface area contributed by atoms with E-state index in [0.29, 0.717) is 11.3 Å². The SMILES string of the molecule is CCc1nn(CC)c(CC(NN)C2CC2(C)C)c1Cl. The average Bonchev–Trinajstić information content (AvgIpc) is 2.90. The Morgan fingerprint density at radius 1 is 1.53 bits per heavy atom. The van der Waals surface area contributed by atoms with E-state index in [1.54, 1.807) is 0 Å². The van der Waals surface area contributed by atoms with Gasteiger partial charge in [0.2, 0.25) is 0 Å². The number of nitrogens with one attached hydrogen (secondary N) is 1. The highest BCUT2D eigenvalue weighted by molar-refractivity contribution is 6.31. The molecule has 0 amide bonds. The molecule has 1 aliphatic rings. The number of nitrogens with two attached hydrogens (primary N) is 1. The maximum Gasteiger partial charge on any atom is 0.0850 e. The molecule has 0 aliphatic heterocycles. The minimum Gasteiger partial charge on any atom is -0.271 e. The summed E-state index contributed by atoms with van der Waals surface area (Å²) in [5, 5.41) is 5.39. The van der Waals surface area contributed by atoms with Crippen molar-refractivity contribution in [1.82, 2.24) is 15.2 Å². The number of rotatable bonds is 6. The third-order valence-electron chi connectivity index (χ3n) is 4.40. The minimum atomic E-state index is 0.277. The molecule has 0 saturated heterocycles. The molecule has 4 nitrogen and oxygen atoms in total. The third kappa shape index (κ3) is 2.81. The van der Waals surface area contributed by atoms with Crippen LogP contribution < -0.4 is 11.3 Å². The molecule has 2 atom stereocenters. The van der Waals surface area contributed by atoms with E-state index in [4.69, 9.17) is 17.4 Å². The van der Waals surface area contributed by atoms with Crippen molar-refractivity contribution in [3.63, 3.8) is 0 Å². The van der Waals surface area contributed by atoms with Gasteiger partial charge in [0.1, 0.15) is 0 Å². The second-order valence-electron chi connectivity index (χ2n) is 6.15. The Balaban J connectivity index is 2.20. The van der Waals surface area contributed by atoms with Crippen molar-refractivity contribution >= 4 is 11.6 Å². The Morgan fingerprint density at radius 2 is 2.16 bits per heavy atom. The first-order chi connectivity index (χ1) is 8.94. The smallest absolute Gasteiger partial charge is 0.0850 e. The first-order valence-corrected chi connectivity index (χ1v) is 7.52. The van der Waals surface area contributed by atoms with E-state index < -0.39 is 0 Å². The second-order valence-corrected chi connectivity index (χ2v) is 6.53. The highest BCUT2D eigenvalue weighted by Crippen LogP contribution is 2.54. The zero-order chi connectivity index (χ0) is 14.2. The van der Waals surface area contributed by atoms with Gasteiger partial charge in [0.05, 0.1) is 16.4 Å². The van der Waals surface area contributed by atoms with Gasteiger partial charge in [-0.3, -0.25) is 16.0 Å². The molecule has 19 heavy (non-hydrogen) atoms. The summed E-state index contributed by atoms with van der Waals surface area (Å²) in [6.45, 7) is 9.61. The average molecular weight is 285 g/mol. The lowest BCUT2D eigenvalue weighted by Gasteiger charge is -2.18. The Bertz CT molecular complexity index is 453. The van der Waals surface area contributed by atoms with Crippen LogP contribution in [0.1, 0.15) is 45.5 Å². The molecule has 108 valence electrons. The Hall–Kier alpha value is -0.580. The van der Waals surface area contributed by atoms with E-state index >= 15 is 0 Å². The monoisotopic (exact) mass is 284 g/mol. The zero-order valence-corrected chi connectivity index (χ0v) is 13.1. The van der Waals surface area contributed by atoms with Crippen molar-refractivity contribution in [3.8, 4) is 0 Å². The van der Waals surface area contributed by atoms with Crippen LogP contribution in [0.25, 0.3) is 0 Å². The van der Waals surface area contributed by atoms with E-state index in [9.17, 15) is 0 Å². The molecule has 1 aromatic heterocycles. The minimum absolute atomic E-state index is 0.277. The number of hydrogen-bond donors (Lipinski definition) is 2. The molecule has 5 heteroatoms. The van der Waals surface area contributed by atoms with Gasteiger partial charge in [0.15, 0.2) is 0 Å². The summed E-state index contributed by atoms with van der Waals surface area (Å²) in [7, 11) is 0. The summed E-state index contributed by atoms with van der Waals surface area (Å²) in [4.78, 5) is 0. The molecule has 1 saturated carbocycles. The molecule has 3 N–H and O–H groups in total. The van der Waals surface area contributed by atoms with E-state index in [-0.39, 0.29) is 6.04 Å². The summed E-state index contributed by atoms with van der Waals surface area (Å²) in [5.74, 6) is 6.36. The number of halogens is 1. The van der Waals surface area contributed by atoms with Gasteiger partial charge in [-0.05, 0) is 31.1 Å². The molecule has 2 rings (SSSR count). The summed E-state index contributed by atoms with van der Waals surface area (Å²) in [6.07, 6.45) is 2.94. The normalized spacial score (nSPS) is 22.5. The van der Waals surface area contributed by atoms with Crippen LogP contribution in [0.15, 0.2) is 0 Å². The van der Waals surface area contributed by atoms with Crippen LogP contribution in [0.4, 0.5) is 0 Å². The number of nitrogens with zero attached hydrogens (tertiary/aromatic N) is 2. The van der Waals surface area contributed by atoms with Gasteiger partial charge in [0.25, 0.3) is 0 Å². The molecule has 1 heterocycles. The van der Waals surface area contributed by atoms with Gasteiger partial charge in [-0.25, -0.2) is 0 Å². The summed E-state index contributed by atoms with van der Waals surface area (Å²) in [5.41, 5.74) is 5.48. The van der Waals surface area contributed by atoms with Crippen LogP contribution in [0.3, 0.4) is 0 Å². The first kappa shape index (κ1) is 14.8. The molecular weight excluding hydrogens is 260 g/mol. The number of aryl methyl sites for hydroxylation is 2. The first-order valence-electron chi connectivity index (χ1n) is 7.14. The van der Waals surface area contributed by atoms with Crippen molar-refractivity contribution in [2.24, 2.45) is 17.2 Å². The van der Waals surface area contributed by atoms with E-state index in [1.165, 1.54) is 6.42 Å². The molecule has 2 unspecified atom stereocenters. The van der Waals surface area contributed by atoms with Crippen molar-refractivity contribution in [2.75, 3.05) is 0 Å². The fourth-order valence-corrected chi connectivity index (χ4v) is 3.28. The van der Waals surface area contributed by atoms with Gasteiger partial charge >= 0.3 is 0 Å². The van der Waals surface area contributed by atoms with Crippen LogP contribution >= 0.6 is 11.6 Å². The van der Waals surface area contributed by atoms with Crippen molar-refractivity contribution in [2.45, 2.75) is 59.5 Å². The fraction of sp³-hybridized carbons (Fsp3) is 0.786. The molecule has 1 aromatic rings. The Labute approximate surface area is 120 Å². The molecule has 0 aromatic carbocycles. The fourth-order valence-electron chi connectivity index (χ4n) is 2.93. The summed E-state index contributed by atoms with van der Waals surface area (Å²) >= 11 is 6.45. The molecular formula is C14H25ClN4. The van der Waals surface area contributed by atoms with E-state index in [2.05, 4.69) is 38.2 Å². The van der Waals surface area contributed by atoms with Gasteiger partial charge in [-0.1, -0.05) is 32.4 Å². The van der Waals surface area contributed by atoms with Crippen LogP contribution in [0, 0.1) is 11.3 Å². The van der Waals surface area contributed by atoms with Crippen molar-refractivity contribution in [1.29, 1.82) is 0 Å². The topological polar surface area (TPSA) is 55.9 Å². The predicted molar refractivity (Wildman–Crippen MR) is 79.0 cm³/mol. The lowest BCUT2D eigenvalue weighted by Crippen LogP contribution is -2.40. The molecule has 1 fully saturated rings. The highest BCUT2D eigenvalue weighted by atomic mass is 35.5. The van der Waals surface area contributed by atoms with Crippen molar-refractivity contribution in [3.05, 3.63) is 16.4 Å². The van der Waals surface area contributed by atoms with E-state index in [1.807, 2.05) is 4.68 Å². The quantitative estimate of drug-likeness (QED) is 0.623. The molecule has 0 radical (unpaired) electrons. The number of aromatic nitrogens is 2. The van der Waals surface area contributed by atoms with Crippen molar-refractivity contribution < 1.29 is 0 Å². The van der Waals surface area contributed by atoms with E-state index in [0.717, 1.165) is 35.8 Å². The number of hydrazine groups is 1. The largest absolute Gasteiger partial charge is 0.271 e. The molecule has 1 aliphatic carbocycles. The van der Waals surface area contributed by atoms with Gasteiger partial charge in [-0.15, -0.1) is 0 Å². The van der Waals surface area contributed by atoms with Gasteiger partial charge in [-0.2, -0.15) is 5.10 Å². The zero-order valence-electron chi connectivity index (χ0n) is 12.3. The van der Waals surface area contributed by atoms with Gasteiger partial charge < -0.3 is 0 Å². The summed E-state index contributed by atoms with van der Waals surface area (Å²) < 4.78 is 2.01. The maximum absolute atomic E-state index is 6.45. The molecule has 0 spiro atoms. The van der Waals surface area contributed by atoms with Crippen LogP contribution in [0.5, 0.6) is 0 Å². The molecule has 0 bridgehead atoms.